The monoisotopic (exact) mass is 357 g/mol. The number of amides is 1. The van der Waals surface area contributed by atoms with Crippen LogP contribution in [-0.2, 0) is 24.0 Å². The number of esters is 1. The lowest BCUT2D eigenvalue weighted by atomic mass is 10.1. The Balaban J connectivity index is 1.52. The Bertz CT molecular complexity index is 725. The van der Waals surface area contributed by atoms with Gasteiger partial charge in [-0.3, -0.25) is 4.79 Å². The van der Waals surface area contributed by atoms with Crippen molar-refractivity contribution in [1.82, 2.24) is 5.32 Å². The van der Waals surface area contributed by atoms with Crippen LogP contribution in [0.15, 0.2) is 30.3 Å². The number of fused-ring (bicyclic) bond motifs is 1. The SMILES string of the molecule is COC(=O)c1ccc(CCNC(=O)c2cc3c(s2)CCCCC3)cc1. The van der Waals surface area contributed by atoms with Gasteiger partial charge in [-0.25, -0.2) is 4.79 Å². The lowest BCUT2D eigenvalue weighted by molar-refractivity contribution is 0.0600. The fourth-order valence-corrected chi connectivity index (χ4v) is 4.28. The number of hydrogen-bond donors (Lipinski definition) is 1. The third-order valence-electron chi connectivity index (χ3n) is 4.54. The summed E-state index contributed by atoms with van der Waals surface area (Å²) in [6, 6.07) is 9.36. The Labute approximate surface area is 152 Å². The molecule has 0 aliphatic heterocycles. The van der Waals surface area contributed by atoms with E-state index in [-0.39, 0.29) is 11.9 Å². The molecule has 132 valence electrons. The first-order valence-corrected chi connectivity index (χ1v) is 9.56. The Morgan fingerprint density at radius 1 is 1.12 bits per heavy atom. The van der Waals surface area contributed by atoms with Gasteiger partial charge in [-0.15, -0.1) is 11.3 Å². The number of thiophene rings is 1. The second-order valence-electron chi connectivity index (χ2n) is 6.31. The smallest absolute Gasteiger partial charge is 0.337 e. The molecule has 25 heavy (non-hydrogen) atoms. The molecule has 0 saturated carbocycles. The van der Waals surface area contributed by atoms with Gasteiger partial charge in [0.15, 0.2) is 0 Å². The molecular formula is C20H23NO3S. The van der Waals surface area contributed by atoms with Crippen molar-refractivity contribution in [3.05, 3.63) is 56.8 Å². The van der Waals surface area contributed by atoms with Crippen molar-refractivity contribution in [2.24, 2.45) is 0 Å². The lowest BCUT2D eigenvalue weighted by Crippen LogP contribution is -2.24. The van der Waals surface area contributed by atoms with E-state index in [0.29, 0.717) is 12.1 Å². The van der Waals surface area contributed by atoms with Crippen LogP contribution in [0.5, 0.6) is 0 Å². The molecule has 0 saturated heterocycles. The average molecular weight is 357 g/mol. The summed E-state index contributed by atoms with van der Waals surface area (Å²) < 4.78 is 4.69. The first-order valence-electron chi connectivity index (χ1n) is 8.74. The van der Waals surface area contributed by atoms with Crippen molar-refractivity contribution < 1.29 is 14.3 Å². The third-order valence-corrected chi connectivity index (χ3v) is 5.78. The Morgan fingerprint density at radius 3 is 2.64 bits per heavy atom. The number of carbonyl (C=O) groups is 2. The molecule has 3 rings (SSSR count). The summed E-state index contributed by atoms with van der Waals surface area (Å²) in [4.78, 5) is 26.0. The van der Waals surface area contributed by atoms with Gasteiger partial charge in [0.25, 0.3) is 5.91 Å². The number of methoxy groups -OCH3 is 1. The summed E-state index contributed by atoms with van der Waals surface area (Å²) >= 11 is 1.65. The van der Waals surface area contributed by atoms with Crippen molar-refractivity contribution in [2.45, 2.75) is 38.5 Å². The summed E-state index contributed by atoms with van der Waals surface area (Å²) in [6.45, 7) is 0.582. The van der Waals surface area contributed by atoms with E-state index >= 15 is 0 Å². The summed E-state index contributed by atoms with van der Waals surface area (Å²) in [6.07, 6.45) is 6.70. The van der Waals surface area contributed by atoms with Crippen LogP contribution in [0.2, 0.25) is 0 Å². The topological polar surface area (TPSA) is 55.4 Å². The molecule has 1 heterocycles. The average Bonchev–Trinajstić information content (AvgIpc) is 2.92. The standard InChI is InChI=1S/C20H23NO3S/c1-24-20(23)15-9-7-14(8-10-15)11-12-21-19(22)18-13-16-5-3-2-4-6-17(16)25-18/h7-10,13H,2-6,11-12H2,1H3,(H,21,22). The van der Waals surface area contributed by atoms with Gasteiger partial charge in [-0.1, -0.05) is 18.6 Å². The normalized spacial score (nSPS) is 13.6. The molecule has 0 fully saturated rings. The van der Waals surface area contributed by atoms with E-state index in [0.717, 1.165) is 29.7 Å². The minimum atomic E-state index is -0.336. The van der Waals surface area contributed by atoms with Crippen LogP contribution < -0.4 is 5.32 Å². The largest absolute Gasteiger partial charge is 0.465 e. The molecule has 1 aromatic heterocycles. The van der Waals surface area contributed by atoms with E-state index in [4.69, 9.17) is 0 Å². The molecule has 1 aliphatic carbocycles. The molecular weight excluding hydrogens is 334 g/mol. The van der Waals surface area contributed by atoms with Crippen molar-refractivity contribution in [2.75, 3.05) is 13.7 Å². The van der Waals surface area contributed by atoms with Crippen LogP contribution in [0, 0.1) is 0 Å². The van der Waals surface area contributed by atoms with E-state index in [2.05, 4.69) is 16.1 Å². The number of hydrogen-bond acceptors (Lipinski definition) is 4. The Kier molecular flexibility index (Phi) is 5.87. The number of nitrogens with one attached hydrogen (secondary N) is 1. The highest BCUT2D eigenvalue weighted by atomic mass is 32.1. The maximum absolute atomic E-state index is 12.4. The summed E-state index contributed by atoms with van der Waals surface area (Å²) in [5.41, 5.74) is 2.98. The Hall–Kier alpha value is -2.14. The van der Waals surface area contributed by atoms with Gasteiger partial charge >= 0.3 is 5.97 Å². The number of ether oxygens (including phenoxy) is 1. The van der Waals surface area contributed by atoms with Crippen LogP contribution in [0.25, 0.3) is 0 Å². The van der Waals surface area contributed by atoms with Crippen molar-refractivity contribution in [1.29, 1.82) is 0 Å². The summed E-state index contributed by atoms with van der Waals surface area (Å²) in [5, 5.41) is 3.00. The maximum Gasteiger partial charge on any atom is 0.337 e. The van der Waals surface area contributed by atoms with E-state index in [1.807, 2.05) is 12.1 Å². The van der Waals surface area contributed by atoms with Gasteiger partial charge in [-0.05, 0) is 61.4 Å². The van der Waals surface area contributed by atoms with Crippen LogP contribution in [-0.4, -0.2) is 25.5 Å². The van der Waals surface area contributed by atoms with E-state index in [1.54, 1.807) is 23.5 Å². The zero-order chi connectivity index (χ0) is 17.6. The second-order valence-corrected chi connectivity index (χ2v) is 7.45. The predicted octanol–water partition coefficient (Wildman–Crippen LogP) is 3.78. The minimum Gasteiger partial charge on any atom is -0.465 e. The second kappa shape index (κ2) is 8.30. The quantitative estimate of drug-likeness (QED) is 0.654. The van der Waals surface area contributed by atoms with Crippen LogP contribution in [0.3, 0.4) is 0 Å². The highest BCUT2D eigenvalue weighted by Crippen LogP contribution is 2.28. The molecule has 4 nitrogen and oxygen atoms in total. The van der Waals surface area contributed by atoms with Crippen molar-refractivity contribution in [3.63, 3.8) is 0 Å². The molecule has 0 radical (unpaired) electrons. The summed E-state index contributed by atoms with van der Waals surface area (Å²) in [7, 11) is 1.37. The van der Waals surface area contributed by atoms with Crippen LogP contribution in [0.4, 0.5) is 0 Å². The Morgan fingerprint density at radius 2 is 1.88 bits per heavy atom. The number of carbonyl (C=O) groups excluding carboxylic acids is 2. The lowest BCUT2D eigenvalue weighted by Gasteiger charge is -2.05. The first-order chi connectivity index (χ1) is 12.2. The number of aryl methyl sites for hydroxylation is 2. The molecule has 0 spiro atoms. The number of benzene rings is 1. The highest BCUT2D eigenvalue weighted by molar-refractivity contribution is 7.14. The fourth-order valence-electron chi connectivity index (χ4n) is 3.11. The van der Waals surface area contributed by atoms with Gasteiger partial charge < -0.3 is 10.1 Å². The van der Waals surface area contributed by atoms with Crippen molar-refractivity contribution >= 4 is 23.2 Å². The van der Waals surface area contributed by atoms with Gasteiger partial charge in [0.05, 0.1) is 17.6 Å². The van der Waals surface area contributed by atoms with Crippen LogP contribution in [0.1, 0.15) is 55.3 Å². The zero-order valence-corrected chi connectivity index (χ0v) is 15.3. The highest BCUT2D eigenvalue weighted by Gasteiger charge is 2.16. The van der Waals surface area contributed by atoms with Gasteiger partial charge in [0, 0.05) is 11.4 Å². The van der Waals surface area contributed by atoms with E-state index in [9.17, 15) is 9.59 Å². The third kappa shape index (κ3) is 4.48. The molecule has 5 heteroatoms. The van der Waals surface area contributed by atoms with Gasteiger partial charge in [-0.2, -0.15) is 0 Å². The molecule has 0 unspecified atom stereocenters. The molecule has 0 atom stereocenters. The molecule has 0 bridgehead atoms. The van der Waals surface area contributed by atoms with Gasteiger partial charge in [0.2, 0.25) is 0 Å². The summed E-state index contributed by atoms with van der Waals surface area (Å²) in [5.74, 6) is -0.318. The molecule has 1 aromatic carbocycles. The van der Waals surface area contributed by atoms with Gasteiger partial charge in [0.1, 0.15) is 0 Å². The zero-order valence-electron chi connectivity index (χ0n) is 14.5. The van der Waals surface area contributed by atoms with Crippen molar-refractivity contribution in [3.8, 4) is 0 Å². The molecule has 1 aliphatic rings. The molecule has 1 amide bonds. The minimum absolute atomic E-state index is 0.0178. The maximum atomic E-state index is 12.4. The van der Waals surface area contributed by atoms with Crippen LogP contribution >= 0.6 is 11.3 Å². The first kappa shape index (κ1) is 17.7. The fraction of sp³-hybridized carbons (Fsp3) is 0.400. The molecule has 1 N–H and O–H groups in total. The predicted molar refractivity (Wildman–Crippen MR) is 99.4 cm³/mol. The van der Waals surface area contributed by atoms with E-state index in [1.165, 1.54) is 36.8 Å². The number of rotatable bonds is 5. The van der Waals surface area contributed by atoms with E-state index < -0.39 is 0 Å². The molecule has 2 aromatic rings.